The normalized spacial score (nSPS) is 17.7. The highest BCUT2D eigenvalue weighted by Crippen LogP contribution is 2.31. The van der Waals surface area contributed by atoms with E-state index in [0.29, 0.717) is 11.8 Å². The SMILES string of the molecule is CCC(=O)NC1N=CC=C(C)N1Cc1cc(C(F)(F)F)ccc1F. The zero-order valence-corrected chi connectivity index (χ0v) is 13.2. The van der Waals surface area contributed by atoms with Crippen LogP contribution in [0.5, 0.6) is 0 Å². The van der Waals surface area contributed by atoms with Gasteiger partial charge in [0.2, 0.25) is 5.91 Å². The van der Waals surface area contributed by atoms with Crippen molar-refractivity contribution in [2.24, 2.45) is 4.99 Å². The maximum atomic E-state index is 14.0. The van der Waals surface area contributed by atoms with E-state index in [-0.39, 0.29) is 24.4 Å². The van der Waals surface area contributed by atoms with Gasteiger partial charge in [-0.3, -0.25) is 4.79 Å². The summed E-state index contributed by atoms with van der Waals surface area (Å²) in [6.45, 7) is 3.23. The average Bonchev–Trinajstić information content (AvgIpc) is 2.51. The number of amides is 1. The van der Waals surface area contributed by atoms with Crippen molar-refractivity contribution in [1.29, 1.82) is 0 Å². The van der Waals surface area contributed by atoms with E-state index in [2.05, 4.69) is 10.3 Å². The predicted molar refractivity (Wildman–Crippen MR) is 81.4 cm³/mol. The number of aliphatic imine (C=N–C) groups is 1. The molecule has 0 bridgehead atoms. The Hall–Kier alpha value is -2.38. The van der Waals surface area contributed by atoms with Gasteiger partial charge in [-0.1, -0.05) is 6.92 Å². The van der Waals surface area contributed by atoms with Gasteiger partial charge in [-0.15, -0.1) is 0 Å². The zero-order valence-electron chi connectivity index (χ0n) is 13.2. The maximum absolute atomic E-state index is 14.0. The number of carbonyl (C=O) groups is 1. The van der Waals surface area contributed by atoms with Crippen molar-refractivity contribution in [3.63, 3.8) is 0 Å². The van der Waals surface area contributed by atoms with Crippen molar-refractivity contribution in [1.82, 2.24) is 10.2 Å². The predicted octanol–water partition coefficient (Wildman–Crippen LogP) is 3.44. The maximum Gasteiger partial charge on any atom is 0.416 e. The highest BCUT2D eigenvalue weighted by atomic mass is 19.4. The van der Waals surface area contributed by atoms with Gasteiger partial charge in [0.15, 0.2) is 6.29 Å². The quantitative estimate of drug-likeness (QED) is 0.851. The lowest BCUT2D eigenvalue weighted by atomic mass is 10.1. The molecule has 0 saturated carbocycles. The summed E-state index contributed by atoms with van der Waals surface area (Å²) >= 11 is 0. The molecule has 1 amide bonds. The first kappa shape index (κ1) is 18.0. The molecule has 8 heteroatoms. The topological polar surface area (TPSA) is 44.7 Å². The lowest BCUT2D eigenvalue weighted by molar-refractivity contribution is -0.137. The number of allylic oxidation sites excluding steroid dienone is 2. The van der Waals surface area contributed by atoms with E-state index < -0.39 is 23.8 Å². The zero-order chi connectivity index (χ0) is 17.9. The first-order valence-electron chi connectivity index (χ1n) is 7.34. The fourth-order valence-corrected chi connectivity index (χ4v) is 2.23. The third-order valence-corrected chi connectivity index (χ3v) is 3.62. The number of hydrogen-bond donors (Lipinski definition) is 1. The molecule has 1 N–H and O–H groups in total. The van der Waals surface area contributed by atoms with Crippen LogP contribution in [-0.2, 0) is 17.5 Å². The van der Waals surface area contributed by atoms with Crippen molar-refractivity contribution in [2.75, 3.05) is 0 Å². The van der Waals surface area contributed by atoms with Crippen LogP contribution in [0.2, 0.25) is 0 Å². The molecule has 1 aromatic carbocycles. The summed E-state index contributed by atoms with van der Waals surface area (Å²) in [4.78, 5) is 17.2. The van der Waals surface area contributed by atoms with Gasteiger partial charge in [-0.05, 0) is 31.2 Å². The summed E-state index contributed by atoms with van der Waals surface area (Å²) in [7, 11) is 0. The minimum atomic E-state index is -4.55. The number of hydrogen-bond acceptors (Lipinski definition) is 3. The van der Waals surface area contributed by atoms with Crippen LogP contribution in [-0.4, -0.2) is 23.3 Å². The number of nitrogens with zero attached hydrogens (tertiary/aromatic N) is 2. The minimum absolute atomic E-state index is 0.120. The summed E-state index contributed by atoms with van der Waals surface area (Å²) in [5.41, 5.74) is -0.385. The Morgan fingerprint density at radius 3 is 2.71 bits per heavy atom. The standard InChI is InChI=1S/C16H17F4N3O/c1-3-14(24)22-15-21-7-6-10(2)23(15)9-11-8-12(16(18,19)20)4-5-13(11)17/h4-8,15H,3,9H2,1-2H3,(H,22,24). The second kappa shape index (κ2) is 7.02. The van der Waals surface area contributed by atoms with Crippen LogP contribution < -0.4 is 5.32 Å². The van der Waals surface area contributed by atoms with Crippen LogP contribution in [0.3, 0.4) is 0 Å². The molecule has 1 aliphatic heterocycles. The lowest BCUT2D eigenvalue weighted by Crippen LogP contribution is -2.47. The fraction of sp³-hybridized carbons (Fsp3) is 0.375. The highest BCUT2D eigenvalue weighted by molar-refractivity contribution is 5.77. The molecule has 1 aromatic rings. The largest absolute Gasteiger partial charge is 0.416 e. The molecule has 1 atom stereocenters. The summed E-state index contributed by atoms with van der Waals surface area (Å²) < 4.78 is 52.4. The Kier molecular flexibility index (Phi) is 5.26. The van der Waals surface area contributed by atoms with Gasteiger partial charge in [0, 0.05) is 30.4 Å². The Labute approximate surface area is 136 Å². The van der Waals surface area contributed by atoms with E-state index in [1.807, 2.05) is 0 Å². The smallest absolute Gasteiger partial charge is 0.332 e. The number of alkyl halides is 3. The highest BCUT2D eigenvalue weighted by Gasteiger charge is 2.31. The Balaban J connectivity index is 2.28. The van der Waals surface area contributed by atoms with Crippen LogP contribution in [0.4, 0.5) is 17.6 Å². The van der Waals surface area contributed by atoms with Crippen molar-refractivity contribution in [3.05, 3.63) is 46.9 Å². The van der Waals surface area contributed by atoms with Crippen LogP contribution in [0.15, 0.2) is 35.0 Å². The van der Waals surface area contributed by atoms with Crippen molar-refractivity contribution in [2.45, 2.75) is 39.3 Å². The first-order valence-corrected chi connectivity index (χ1v) is 7.34. The van der Waals surface area contributed by atoms with Crippen LogP contribution in [0, 0.1) is 5.82 Å². The summed E-state index contributed by atoms with van der Waals surface area (Å²) in [5.74, 6) is -1.01. The van der Waals surface area contributed by atoms with E-state index in [4.69, 9.17) is 0 Å². The molecule has 2 rings (SSSR count). The Morgan fingerprint density at radius 2 is 2.08 bits per heavy atom. The number of nitrogens with one attached hydrogen (secondary N) is 1. The van der Waals surface area contributed by atoms with Crippen LogP contribution in [0.1, 0.15) is 31.4 Å². The van der Waals surface area contributed by atoms with Crippen LogP contribution in [0.25, 0.3) is 0 Å². The summed E-state index contributed by atoms with van der Waals surface area (Å²) in [6, 6.07) is 2.27. The van der Waals surface area contributed by atoms with Gasteiger partial charge in [-0.25, -0.2) is 9.38 Å². The van der Waals surface area contributed by atoms with Crippen molar-refractivity contribution in [3.8, 4) is 0 Å². The average molecular weight is 343 g/mol. The monoisotopic (exact) mass is 343 g/mol. The molecule has 1 heterocycles. The molecule has 0 aromatic heterocycles. The second-order valence-corrected chi connectivity index (χ2v) is 5.33. The minimum Gasteiger partial charge on any atom is -0.332 e. The van der Waals surface area contributed by atoms with E-state index >= 15 is 0 Å². The number of halogens is 4. The molecule has 0 spiro atoms. The molecule has 0 radical (unpaired) electrons. The van der Waals surface area contributed by atoms with Gasteiger partial charge < -0.3 is 10.2 Å². The second-order valence-electron chi connectivity index (χ2n) is 5.33. The molecule has 130 valence electrons. The van der Waals surface area contributed by atoms with E-state index in [0.717, 1.165) is 12.1 Å². The lowest BCUT2D eigenvalue weighted by Gasteiger charge is -2.34. The van der Waals surface area contributed by atoms with Crippen LogP contribution >= 0.6 is 0 Å². The van der Waals surface area contributed by atoms with Gasteiger partial charge >= 0.3 is 6.18 Å². The molecular formula is C16H17F4N3O. The third-order valence-electron chi connectivity index (χ3n) is 3.62. The fourth-order valence-electron chi connectivity index (χ4n) is 2.23. The molecule has 1 unspecified atom stereocenters. The van der Waals surface area contributed by atoms with Gasteiger partial charge in [0.25, 0.3) is 0 Å². The Bertz CT molecular complexity index is 682. The molecule has 4 nitrogen and oxygen atoms in total. The molecular weight excluding hydrogens is 326 g/mol. The van der Waals surface area contributed by atoms with Gasteiger partial charge in [-0.2, -0.15) is 13.2 Å². The van der Waals surface area contributed by atoms with Gasteiger partial charge in [0.1, 0.15) is 5.82 Å². The third kappa shape index (κ3) is 4.12. The molecule has 0 saturated heterocycles. The Morgan fingerprint density at radius 1 is 1.38 bits per heavy atom. The molecule has 24 heavy (non-hydrogen) atoms. The molecule has 0 fully saturated rings. The van der Waals surface area contributed by atoms with E-state index in [9.17, 15) is 22.4 Å². The molecule has 1 aliphatic rings. The summed E-state index contributed by atoms with van der Waals surface area (Å²) in [5, 5.41) is 2.64. The summed E-state index contributed by atoms with van der Waals surface area (Å²) in [6.07, 6.45) is -1.96. The first-order chi connectivity index (χ1) is 11.2. The van der Waals surface area contributed by atoms with Crippen molar-refractivity contribution < 1.29 is 22.4 Å². The van der Waals surface area contributed by atoms with Gasteiger partial charge in [0.05, 0.1) is 5.56 Å². The molecule has 0 aliphatic carbocycles. The van der Waals surface area contributed by atoms with E-state index in [1.54, 1.807) is 19.9 Å². The van der Waals surface area contributed by atoms with E-state index in [1.165, 1.54) is 11.1 Å². The van der Waals surface area contributed by atoms with Crippen molar-refractivity contribution >= 4 is 12.1 Å². The number of benzene rings is 1. The number of carbonyl (C=O) groups excluding carboxylic acids is 1. The number of rotatable bonds is 4.